The van der Waals surface area contributed by atoms with E-state index in [4.69, 9.17) is 21.8 Å². The zero-order chi connectivity index (χ0) is 6.15. The molecule has 0 aromatic carbocycles. The second-order valence-corrected chi connectivity index (χ2v) is 1.76. The Hall–Kier alpha value is -0.830. The average Bonchev–Trinajstić information content (AvgIpc) is 1.85. The minimum atomic E-state index is -0.204. The van der Waals surface area contributed by atoms with Crippen LogP contribution in [0.5, 0.6) is 11.8 Å². The summed E-state index contributed by atoms with van der Waals surface area (Å²) in [4.78, 5) is 2.19. The van der Waals surface area contributed by atoms with Crippen molar-refractivity contribution in [2.45, 2.75) is 0 Å². The smallest absolute Gasteiger partial charge is 0.210 e. The lowest BCUT2D eigenvalue weighted by atomic mass is 10.6. The maximum Gasteiger partial charge on any atom is 0.210 e. The maximum absolute atomic E-state index is 8.59. The monoisotopic (exact) mass is 133 g/mol. The summed E-state index contributed by atoms with van der Waals surface area (Å²) in [6, 6.07) is 1.22. The maximum atomic E-state index is 8.59. The van der Waals surface area contributed by atoms with Gasteiger partial charge in [0, 0.05) is 6.07 Å². The molecule has 0 aliphatic carbocycles. The van der Waals surface area contributed by atoms with Crippen molar-refractivity contribution in [1.82, 2.24) is 4.98 Å². The first kappa shape index (κ1) is 5.31. The van der Waals surface area contributed by atoms with Gasteiger partial charge >= 0.3 is 0 Å². The first-order valence-corrected chi connectivity index (χ1v) is 2.34. The zero-order valence-electron chi connectivity index (χ0n) is 3.85. The molecule has 0 saturated heterocycles. The Morgan fingerprint density at radius 2 is 2.12 bits per heavy atom. The van der Waals surface area contributed by atoms with Gasteiger partial charge in [0.15, 0.2) is 5.88 Å². The van der Waals surface area contributed by atoms with E-state index in [1.54, 1.807) is 0 Å². The summed E-state index contributed by atoms with van der Waals surface area (Å²) in [5.41, 5.74) is 0. The van der Waals surface area contributed by atoms with E-state index in [2.05, 4.69) is 4.98 Å². The van der Waals surface area contributed by atoms with Crippen LogP contribution in [0.3, 0.4) is 0 Å². The summed E-state index contributed by atoms with van der Waals surface area (Å²) in [5.74, 6) is -0.336. The molecule has 0 radical (unpaired) electrons. The van der Waals surface area contributed by atoms with Crippen molar-refractivity contribution in [2.24, 2.45) is 0 Å². The van der Waals surface area contributed by atoms with Crippen LogP contribution in [0.15, 0.2) is 6.07 Å². The van der Waals surface area contributed by atoms with Crippen LogP contribution in [0.25, 0.3) is 0 Å². The van der Waals surface area contributed by atoms with Crippen LogP contribution in [0.4, 0.5) is 0 Å². The third kappa shape index (κ3) is 0.721. The number of halogens is 1. The fourth-order valence-corrected chi connectivity index (χ4v) is 0.556. The number of aromatic amines is 1. The largest absolute Gasteiger partial charge is 0.494 e. The lowest BCUT2D eigenvalue weighted by molar-refractivity contribution is 0.425. The second-order valence-electron chi connectivity index (χ2n) is 1.35. The predicted octanol–water partition coefficient (Wildman–Crippen LogP) is 1.08. The van der Waals surface area contributed by atoms with Crippen LogP contribution in [0.1, 0.15) is 0 Å². The van der Waals surface area contributed by atoms with Crippen LogP contribution in [-0.2, 0) is 0 Å². The first-order chi connectivity index (χ1) is 3.70. The highest BCUT2D eigenvalue weighted by atomic mass is 35.5. The molecule has 0 aliphatic rings. The Bertz CT molecular complexity index is 176. The topological polar surface area (TPSA) is 56.2 Å². The minimum absolute atomic E-state index is 0.127. The highest BCUT2D eigenvalue weighted by Gasteiger charge is 2.00. The molecule has 1 rings (SSSR count). The van der Waals surface area contributed by atoms with Crippen molar-refractivity contribution in [1.29, 1.82) is 0 Å². The Kier molecular flexibility index (Phi) is 1.06. The number of nitrogens with one attached hydrogen (secondary N) is 1. The Labute approximate surface area is 50.5 Å². The fraction of sp³-hybridized carbons (Fsp3) is 0. The van der Waals surface area contributed by atoms with Gasteiger partial charge < -0.3 is 10.2 Å². The van der Waals surface area contributed by atoms with Crippen LogP contribution >= 0.6 is 11.6 Å². The van der Waals surface area contributed by atoms with E-state index in [9.17, 15) is 0 Å². The molecule has 0 unspecified atom stereocenters. The normalized spacial score (nSPS) is 9.62. The highest BCUT2D eigenvalue weighted by Crippen LogP contribution is 2.25. The number of aromatic nitrogens is 1. The van der Waals surface area contributed by atoms with Gasteiger partial charge in [-0.05, 0) is 0 Å². The van der Waals surface area contributed by atoms with Crippen LogP contribution in [0.2, 0.25) is 5.02 Å². The van der Waals surface area contributed by atoms with E-state index in [1.807, 2.05) is 0 Å². The third-order valence-corrected chi connectivity index (χ3v) is 1.02. The quantitative estimate of drug-likeness (QED) is 0.496. The molecular formula is C4H4ClNO2. The molecule has 1 heterocycles. The Morgan fingerprint density at radius 3 is 2.25 bits per heavy atom. The van der Waals surface area contributed by atoms with Crippen molar-refractivity contribution in [3.63, 3.8) is 0 Å². The molecule has 8 heavy (non-hydrogen) atoms. The number of rotatable bonds is 0. The summed E-state index contributed by atoms with van der Waals surface area (Å²) in [5, 5.41) is 17.3. The van der Waals surface area contributed by atoms with E-state index < -0.39 is 0 Å². The summed E-state index contributed by atoms with van der Waals surface area (Å²) in [6.07, 6.45) is 0. The molecule has 3 nitrogen and oxygen atoms in total. The average molecular weight is 134 g/mol. The van der Waals surface area contributed by atoms with Crippen molar-refractivity contribution >= 4 is 11.6 Å². The van der Waals surface area contributed by atoms with E-state index in [0.717, 1.165) is 0 Å². The van der Waals surface area contributed by atoms with Crippen molar-refractivity contribution in [3.05, 3.63) is 11.1 Å². The lowest BCUT2D eigenvalue weighted by Crippen LogP contribution is -1.58. The van der Waals surface area contributed by atoms with Gasteiger partial charge in [-0.2, -0.15) is 0 Å². The summed E-state index contributed by atoms with van der Waals surface area (Å²) in [7, 11) is 0. The standard InChI is InChI=1S/C4H4ClNO2/c5-2-1-3(7)6-4(2)8/h1,6-8H. The highest BCUT2D eigenvalue weighted by molar-refractivity contribution is 6.32. The van der Waals surface area contributed by atoms with Gasteiger partial charge in [0.05, 0.1) is 0 Å². The van der Waals surface area contributed by atoms with Crippen molar-refractivity contribution in [2.75, 3.05) is 0 Å². The summed E-state index contributed by atoms with van der Waals surface area (Å²) < 4.78 is 0. The van der Waals surface area contributed by atoms with Crippen LogP contribution in [0, 0.1) is 0 Å². The molecule has 1 aromatic rings. The van der Waals surface area contributed by atoms with Crippen LogP contribution in [-0.4, -0.2) is 15.2 Å². The molecule has 0 fully saturated rings. The van der Waals surface area contributed by atoms with Gasteiger partial charge in [0.2, 0.25) is 5.88 Å². The Morgan fingerprint density at radius 1 is 1.50 bits per heavy atom. The van der Waals surface area contributed by atoms with Gasteiger partial charge in [0.25, 0.3) is 0 Å². The Balaban J connectivity index is 3.14. The van der Waals surface area contributed by atoms with Gasteiger partial charge in [-0.15, -0.1) is 0 Å². The molecule has 1 aromatic heterocycles. The fourth-order valence-electron chi connectivity index (χ4n) is 0.405. The third-order valence-electron chi connectivity index (χ3n) is 0.736. The molecular weight excluding hydrogens is 130 g/mol. The van der Waals surface area contributed by atoms with Crippen LogP contribution < -0.4 is 0 Å². The SMILES string of the molecule is Oc1cc(Cl)c(O)[nH]1. The lowest BCUT2D eigenvalue weighted by Gasteiger charge is -1.79. The number of hydrogen-bond donors (Lipinski definition) is 3. The van der Waals surface area contributed by atoms with Crippen molar-refractivity contribution < 1.29 is 10.2 Å². The van der Waals surface area contributed by atoms with Gasteiger partial charge in [-0.25, -0.2) is 0 Å². The molecule has 4 heteroatoms. The van der Waals surface area contributed by atoms with E-state index >= 15 is 0 Å². The van der Waals surface area contributed by atoms with Gasteiger partial charge in [-0.3, -0.25) is 4.98 Å². The van der Waals surface area contributed by atoms with E-state index in [-0.39, 0.29) is 16.8 Å². The molecule has 44 valence electrons. The predicted molar refractivity (Wildman–Crippen MR) is 29.1 cm³/mol. The zero-order valence-corrected chi connectivity index (χ0v) is 4.61. The first-order valence-electron chi connectivity index (χ1n) is 1.96. The van der Waals surface area contributed by atoms with Gasteiger partial charge in [-0.1, -0.05) is 11.6 Å². The van der Waals surface area contributed by atoms with E-state index in [0.29, 0.717) is 0 Å². The summed E-state index contributed by atoms with van der Waals surface area (Å²) >= 11 is 5.29. The number of hydrogen-bond acceptors (Lipinski definition) is 2. The molecule has 0 aliphatic heterocycles. The minimum Gasteiger partial charge on any atom is -0.494 e. The molecule has 3 N–H and O–H groups in total. The molecule has 0 atom stereocenters. The van der Waals surface area contributed by atoms with Gasteiger partial charge in [0.1, 0.15) is 5.02 Å². The molecule has 0 bridgehead atoms. The molecule has 0 amide bonds. The number of aromatic hydroxyl groups is 2. The van der Waals surface area contributed by atoms with E-state index in [1.165, 1.54) is 6.07 Å². The van der Waals surface area contributed by atoms with Crippen molar-refractivity contribution in [3.8, 4) is 11.8 Å². The summed E-state index contributed by atoms with van der Waals surface area (Å²) in [6.45, 7) is 0. The molecule has 0 spiro atoms. The molecule has 0 saturated carbocycles. The second kappa shape index (κ2) is 1.59. The number of H-pyrrole nitrogens is 1.